The molecule has 0 heterocycles. The van der Waals surface area contributed by atoms with Crippen LogP contribution in [0.5, 0.6) is 0 Å². The van der Waals surface area contributed by atoms with Crippen LogP contribution < -0.4 is 9.62 Å². The Bertz CT molecular complexity index is 1490. The Hall–Kier alpha value is -3.72. The predicted octanol–water partition coefficient (Wildman–Crippen LogP) is 5.54. The molecule has 3 rings (SSSR count). The first-order valence-corrected chi connectivity index (χ1v) is 15.9. The van der Waals surface area contributed by atoms with E-state index in [1.54, 1.807) is 30.3 Å². The highest BCUT2D eigenvalue weighted by atomic mass is 32.2. The third-order valence-corrected chi connectivity index (χ3v) is 8.24. The van der Waals surface area contributed by atoms with Crippen molar-refractivity contribution in [2.24, 2.45) is 0 Å². The van der Waals surface area contributed by atoms with Gasteiger partial charge in [0.15, 0.2) is 0 Å². The van der Waals surface area contributed by atoms with Gasteiger partial charge in [0, 0.05) is 37.0 Å². The van der Waals surface area contributed by atoms with Crippen LogP contribution in [0.15, 0.2) is 72.8 Å². The van der Waals surface area contributed by atoms with Crippen LogP contribution >= 0.6 is 0 Å². The van der Waals surface area contributed by atoms with E-state index in [0.717, 1.165) is 22.9 Å². The minimum Gasteiger partial charge on any atom is -0.350 e. The van der Waals surface area contributed by atoms with Crippen LogP contribution in [0.4, 0.5) is 10.1 Å². The van der Waals surface area contributed by atoms with Gasteiger partial charge in [0.05, 0.1) is 11.9 Å². The lowest BCUT2D eigenvalue weighted by atomic mass is 10.00. The molecular formula is C33H42FN3O4S. The number of anilines is 1. The third kappa shape index (κ3) is 9.14. The van der Waals surface area contributed by atoms with Crippen molar-refractivity contribution in [3.05, 3.63) is 101 Å². The van der Waals surface area contributed by atoms with Crippen molar-refractivity contribution in [2.45, 2.75) is 72.0 Å². The zero-order valence-corrected chi connectivity index (χ0v) is 26.2. The number of nitrogens with one attached hydrogen (secondary N) is 1. The second kappa shape index (κ2) is 14.0. The molecule has 1 atom stereocenters. The summed E-state index contributed by atoms with van der Waals surface area (Å²) in [6.07, 6.45) is 1.57. The van der Waals surface area contributed by atoms with E-state index in [1.807, 2.05) is 71.0 Å². The first kappa shape index (κ1) is 32.8. The fraction of sp³-hybridized carbons (Fsp3) is 0.394. The van der Waals surface area contributed by atoms with E-state index >= 15 is 0 Å². The topological polar surface area (TPSA) is 86.8 Å². The van der Waals surface area contributed by atoms with Crippen molar-refractivity contribution < 1.29 is 22.4 Å². The maximum Gasteiger partial charge on any atom is 0.243 e. The molecular weight excluding hydrogens is 553 g/mol. The van der Waals surface area contributed by atoms with E-state index in [2.05, 4.69) is 5.32 Å². The molecule has 0 aromatic heterocycles. The van der Waals surface area contributed by atoms with Gasteiger partial charge in [-0.25, -0.2) is 12.8 Å². The average Bonchev–Trinajstić information content (AvgIpc) is 2.90. The van der Waals surface area contributed by atoms with Crippen LogP contribution in [-0.4, -0.2) is 49.5 Å². The van der Waals surface area contributed by atoms with Crippen molar-refractivity contribution in [3.8, 4) is 0 Å². The zero-order chi connectivity index (χ0) is 31.1. The monoisotopic (exact) mass is 595 g/mol. The Labute approximate surface area is 249 Å². The highest BCUT2D eigenvalue weighted by molar-refractivity contribution is 7.92. The normalized spacial score (nSPS) is 12.5. The predicted molar refractivity (Wildman–Crippen MR) is 166 cm³/mol. The Morgan fingerprint density at radius 3 is 2.19 bits per heavy atom. The minimum atomic E-state index is -3.63. The summed E-state index contributed by atoms with van der Waals surface area (Å²) >= 11 is 0. The van der Waals surface area contributed by atoms with Gasteiger partial charge in [0.25, 0.3) is 0 Å². The molecule has 0 aliphatic carbocycles. The van der Waals surface area contributed by atoms with Gasteiger partial charge < -0.3 is 10.2 Å². The number of sulfonamides is 1. The summed E-state index contributed by atoms with van der Waals surface area (Å²) in [5.41, 5.74) is 2.97. The molecule has 7 nitrogen and oxygen atoms in total. The van der Waals surface area contributed by atoms with Crippen LogP contribution in [0.3, 0.4) is 0 Å². The molecule has 9 heteroatoms. The van der Waals surface area contributed by atoms with Crippen molar-refractivity contribution in [3.63, 3.8) is 0 Å². The number of rotatable bonds is 12. The maximum absolute atomic E-state index is 14.8. The van der Waals surface area contributed by atoms with Crippen LogP contribution in [-0.2, 0) is 32.6 Å². The SMILES string of the molecule is Cc1cccc(N(CCCC(=O)N(Cc2ccccc2F)[C@H](Cc2ccccc2)C(=O)NC(C)(C)C)S(C)(=O)=O)c1C. The highest BCUT2D eigenvalue weighted by Gasteiger charge is 2.32. The van der Waals surface area contributed by atoms with E-state index in [4.69, 9.17) is 0 Å². The summed E-state index contributed by atoms with van der Waals surface area (Å²) < 4.78 is 41.6. The Morgan fingerprint density at radius 2 is 1.57 bits per heavy atom. The lowest BCUT2D eigenvalue weighted by Gasteiger charge is -2.34. The van der Waals surface area contributed by atoms with Gasteiger partial charge in [-0.05, 0) is 69.9 Å². The standard InChI is InChI=1S/C33H42FN3O4S/c1-24-14-12-19-29(25(24)2)37(42(6,40)41)21-13-20-31(38)36(23-27-17-10-11-18-28(27)34)30(32(39)35-33(3,4)5)22-26-15-8-7-9-16-26/h7-12,14-19,30H,13,20-23H2,1-6H3,(H,35,39)/t30-/m1/s1. The molecule has 1 N–H and O–H groups in total. The molecule has 0 bridgehead atoms. The summed E-state index contributed by atoms with van der Waals surface area (Å²) in [5.74, 6) is -1.18. The molecule has 42 heavy (non-hydrogen) atoms. The summed E-state index contributed by atoms with van der Waals surface area (Å²) in [4.78, 5) is 29.0. The molecule has 0 aliphatic rings. The van der Waals surface area contributed by atoms with Gasteiger partial charge in [-0.1, -0.05) is 60.7 Å². The Morgan fingerprint density at radius 1 is 0.929 bits per heavy atom. The van der Waals surface area contributed by atoms with Gasteiger partial charge in [-0.15, -0.1) is 0 Å². The largest absolute Gasteiger partial charge is 0.350 e. The van der Waals surface area contributed by atoms with Crippen molar-refractivity contribution >= 4 is 27.5 Å². The summed E-state index contributed by atoms with van der Waals surface area (Å²) in [5, 5.41) is 2.99. The van der Waals surface area contributed by atoms with Crippen molar-refractivity contribution in [1.29, 1.82) is 0 Å². The lowest BCUT2D eigenvalue weighted by molar-refractivity contribution is -0.142. The van der Waals surface area contributed by atoms with Gasteiger partial charge in [0.2, 0.25) is 21.8 Å². The maximum atomic E-state index is 14.8. The molecule has 226 valence electrons. The summed E-state index contributed by atoms with van der Waals surface area (Å²) in [7, 11) is -3.63. The quantitative estimate of drug-likeness (QED) is 0.298. The fourth-order valence-electron chi connectivity index (χ4n) is 4.81. The molecule has 2 amide bonds. The number of hydrogen-bond donors (Lipinski definition) is 1. The highest BCUT2D eigenvalue weighted by Crippen LogP contribution is 2.26. The molecule has 0 fully saturated rings. The third-order valence-electron chi connectivity index (χ3n) is 7.06. The number of carbonyl (C=O) groups is 2. The van der Waals surface area contributed by atoms with Crippen LogP contribution in [0.1, 0.15) is 55.9 Å². The minimum absolute atomic E-state index is 0.0283. The molecule has 0 saturated heterocycles. The van der Waals surface area contributed by atoms with E-state index in [1.165, 1.54) is 15.3 Å². The van der Waals surface area contributed by atoms with E-state index in [0.29, 0.717) is 11.3 Å². The molecule has 0 unspecified atom stereocenters. The lowest BCUT2D eigenvalue weighted by Crippen LogP contribution is -2.54. The molecule has 0 spiro atoms. The van der Waals surface area contributed by atoms with Crippen LogP contribution in [0, 0.1) is 19.7 Å². The number of benzene rings is 3. The van der Waals surface area contributed by atoms with E-state index in [9.17, 15) is 22.4 Å². The second-order valence-electron chi connectivity index (χ2n) is 11.7. The Balaban J connectivity index is 1.93. The fourth-order valence-corrected chi connectivity index (χ4v) is 5.82. The number of halogens is 1. The van der Waals surface area contributed by atoms with E-state index in [-0.39, 0.29) is 44.2 Å². The van der Waals surface area contributed by atoms with Crippen LogP contribution in [0.25, 0.3) is 0 Å². The number of amides is 2. The zero-order valence-electron chi connectivity index (χ0n) is 25.4. The van der Waals surface area contributed by atoms with Crippen LogP contribution in [0.2, 0.25) is 0 Å². The first-order valence-electron chi connectivity index (χ1n) is 14.1. The molecule has 0 aliphatic heterocycles. The number of aryl methyl sites for hydroxylation is 1. The van der Waals surface area contributed by atoms with Gasteiger partial charge in [-0.2, -0.15) is 0 Å². The summed E-state index contributed by atoms with van der Waals surface area (Å²) in [6.45, 7) is 9.35. The number of nitrogens with zero attached hydrogens (tertiary/aromatic N) is 2. The summed E-state index contributed by atoms with van der Waals surface area (Å²) in [6, 6.07) is 20.1. The molecule has 3 aromatic carbocycles. The second-order valence-corrected chi connectivity index (χ2v) is 13.6. The van der Waals surface area contributed by atoms with E-state index < -0.39 is 27.4 Å². The van der Waals surface area contributed by atoms with Crippen molar-refractivity contribution in [1.82, 2.24) is 10.2 Å². The average molecular weight is 596 g/mol. The smallest absolute Gasteiger partial charge is 0.243 e. The molecule has 3 aromatic rings. The van der Waals surface area contributed by atoms with Gasteiger partial charge >= 0.3 is 0 Å². The van der Waals surface area contributed by atoms with Crippen molar-refractivity contribution in [2.75, 3.05) is 17.1 Å². The molecule has 0 saturated carbocycles. The molecule has 0 radical (unpaired) electrons. The first-order chi connectivity index (χ1) is 19.7. The number of carbonyl (C=O) groups excluding carboxylic acids is 2. The Kier molecular flexibility index (Phi) is 10.9. The van der Waals surface area contributed by atoms with Gasteiger partial charge in [0.1, 0.15) is 11.9 Å². The van der Waals surface area contributed by atoms with Gasteiger partial charge in [-0.3, -0.25) is 13.9 Å². The number of hydrogen-bond acceptors (Lipinski definition) is 4.